The highest BCUT2D eigenvalue weighted by molar-refractivity contribution is 7.99. The molecule has 1 atom stereocenters. The molecule has 392 valence electrons. The van der Waals surface area contributed by atoms with Gasteiger partial charge in [0.25, 0.3) is 11.5 Å². The van der Waals surface area contributed by atoms with E-state index in [0.29, 0.717) is 34.5 Å². The highest BCUT2D eigenvalue weighted by Crippen LogP contribution is 2.50. The molecule has 7 rings (SSSR count). The Morgan fingerprint density at radius 2 is 1.30 bits per heavy atom. The van der Waals surface area contributed by atoms with E-state index in [9.17, 15) is 14.7 Å². The number of carbonyl (C=O) groups is 1. The number of nitrogens with zero attached hydrogens (tertiary/aromatic N) is 6. The molecule has 1 fully saturated rings. The fraction of sp³-hybridized carbons (Fsp3) is 0.355. The van der Waals surface area contributed by atoms with Crippen LogP contribution in [-0.4, -0.2) is 136 Å². The van der Waals surface area contributed by atoms with E-state index in [1.54, 1.807) is 24.4 Å². The van der Waals surface area contributed by atoms with Gasteiger partial charge in [0.15, 0.2) is 11.4 Å². The van der Waals surface area contributed by atoms with E-state index in [0.717, 1.165) is 56.5 Å². The van der Waals surface area contributed by atoms with Crippen LogP contribution in [-0.2, 0) is 71.4 Å². The van der Waals surface area contributed by atoms with E-state index in [-0.39, 0.29) is 28.0 Å². The summed E-state index contributed by atoms with van der Waals surface area (Å²) in [4.78, 5) is 46.8. The van der Waals surface area contributed by atoms with Crippen molar-refractivity contribution in [2.24, 2.45) is 11.1 Å². The minimum atomic E-state index is -4.67. The Morgan fingerprint density at radius 3 is 1.80 bits per heavy atom. The third kappa shape index (κ3) is 22.9. The number of nitrogens with one attached hydrogen (secondary N) is 1. The smallest absolute Gasteiger partial charge is 0.394 e. The SMILES string of the molecule is Nc1nc(N2CCC3(CC2)Cc2ncccc2[C@H]3N)cnc1Sc1cccc(NC(=O)c2c(O)nc3n(c2=O)CCCC3)c1Cl.O=S(=O)(O)O.O=S(=O)(O)O.O=S(=O)(O)O.O=S(=O)(O)O.O=S(=O)(O)O. The van der Waals surface area contributed by atoms with Crippen molar-refractivity contribution in [1.82, 2.24) is 24.5 Å². The van der Waals surface area contributed by atoms with Crippen molar-refractivity contribution in [2.45, 2.75) is 61.0 Å². The van der Waals surface area contributed by atoms with Crippen LogP contribution in [0.15, 0.2) is 57.4 Å². The predicted molar refractivity (Wildman–Crippen MR) is 243 cm³/mol. The standard InChI is InChI=1S/C31H32ClN9O3S.5H2O4S/c32-24-18(37-27(42)23-28(43)39-21-8-1-2-12-41(21)30(23)44)6-3-7-20(24)45-29-26(34)38-22(16-36-29)40-13-9-31(10-14-40)15-19-17(25(31)33)5-4-11-35-19;5*1-5(2,3)4/h3-7,11,16,25,43H,1-2,8-10,12-15,33H2,(H2,34,38)(H,37,42);5*(H2,1,2,3,4)/t25-;;;;;/m1...../s1. The van der Waals surface area contributed by atoms with Crippen LogP contribution in [0.5, 0.6) is 5.88 Å². The Morgan fingerprint density at radius 1 is 0.771 bits per heavy atom. The molecule has 0 radical (unpaired) electrons. The van der Waals surface area contributed by atoms with Gasteiger partial charge in [0, 0.05) is 48.9 Å². The highest BCUT2D eigenvalue weighted by Gasteiger charge is 2.46. The maximum atomic E-state index is 13.1. The number of nitrogen functional groups attached to an aromatic ring is 1. The number of hydrogen-bond acceptors (Lipinski definition) is 21. The monoisotopic (exact) mass is 1140 g/mol. The summed E-state index contributed by atoms with van der Waals surface area (Å²) in [6.45, 7) is 2.03. The molecule has 0 saturated carbocycles. The molecular weight excluding hydrogens is 1090 g/mol. The maximum absolute atomic E-state index is 13.1. The Labute approximate surface area is 406 Å². The number of halogens is 1. The van der Waals surface area contributed by atoms with E-state index < -0.39 is 74.9 Å². The first-order valence-corrected chi connectivity index (χ1v) is 26.6. The van der Waals surface area contributed by atoms with Crippen molar-refractivity contribution in [3.8, 4) is 5.88 Å². The number of nitrogens with two attached hydrogens (primary N) is 2. The molecule has 32 nitrogen and oxygen atoms in total. The first-order valence-electron chi connectivity index (χ1n) is 18.4. The van der Waals surface area contributed by atoms with Gasteiger partial charge in [0.2, 0.25) is 5.88 Å². The van der Waals surface area contributed by atoms with Crippen LogP contribution in [0.25, 0.3) is 0 Å². The van der Waals surface area contributed by atoms with Crippen molar-refractivity contribution in [3.05, 3.63) is 80.7 Å². The fourth-order valence-electron chi connectivity index (χ4n) is 6.67. The zero-order chi connectivity index (χ0) is 53.8. The number of aryl methyl sites for hydroxylation is 1. The van der Waals surface area contributed by atoms with Crippen molar-refractivity contribution in [2.75, 3.05) is 29.0 Å². The summed E-state index contributed by atoms with van der Waals surface area (Å²) in [5.41, 5.74) is 14.6. The van der Waals surface area contributed by atoms with Gasteiger partial charge in [-0.3, -0.25) is 64.7 Å². The molecule has 0 bridgehead atoms. The number of aromatic hydroxyl groups is 1. The predicted octanol–water partition coefficient (Wildman–Crippen LogP) is 0.688. The summed E-state index contributed by atoms with van der Waals surface area (Å²) in [5, 5.41) is 13.8. The number of aromatic nitrogens is 5. The Bertz CT molecular complexity index is 2930. The van der Waals surface area contributed by atoms with Gasteiger partial charge >= 0.3 is 52.0 Å². The molecule has 0 unspecified atom stereocenters. The normalized spacial score (nSPS) is 16.0. The number of carbonyl (C=O) groups excluding carboxylic acids is 1. The van der Waals surface area contributed by atoms with Gasteiger partial charge in [-0.1, -0.05) is 35.5 Å². The molecule has 16 N–H and O–H groups in total. The number of hydrogen-bond donors (Lipinski definition) is 14. The van der Waals surface area contributed by atoms with Gasteiger partial charge in [-0.2, -0.15) is 47.1 Å². The third-order valence-corrected chi connectivity index (χ3v) is 10.8. The van der Waals surface area contributed by atoms with Gasteiger partial charge in [-0.05, 0) is 61.3 Å². The van der Waals surface area contributed by atoms with E-state index in [4.69, 9.17) is 111 Å². The molecule has 3 aromatic heterocycles. The second-order valence-corrected chi connectivity index (χ2v) is 19.9. The lowest BCUT2D eigenvalue weighted by atomic mass is 9.73. The van der Waals surface area contributed by atoms with Crippen molar-refractivity contribution in [3.63, 3.8) is 0 Å². The van der Waals surface area contributed by atoms with E-state index in [2.05, 4.69) is 36.2 Å². The minimum absolute atomic E-state index is 0.00238. The number of benzene rings is 1. The quantitative estimate of drug-likeness (QED) is 0.122. The number of anilines is 3. The Balaban J connectivity index is 0.000000556. The second kappa shape index (κ2) is 25.0. The van der Waals surface area contributed by atoms with Crippen molar-refractivity contribution < 1.29 is 97.5 Å². The first-order chi connectivity index (χ1) is 31.7. The zero-order valence-electron chi connectivity index (χ0n) is 35.0. The Kier molecular flexibility index (Phi) is 21.9. The summed E-state index contributed by atoms with van der Waals surface area (Å²) in [6.07, 6.45) is 8.52. The van der Waals surface area contributed by atoms with Gasteiger partial charge in [-0.15, -0.1) is 0 Å². The molecule has 1 aromatic carbocycles. The van der Waals surface area contributed by atoms with Crippen LogP contribution in [0.3, 0.4) is 0 Å². The van der Waals surface area contributed by atoms with Crippen molar-refractivity contribution >= 4 is 98.6 Å². The number of fused-ring (bicyclic) bond motifs is 2. The topological polar surface area (TPSA) is 551 Å². The van der Waals surface area contributed by atoms with Crippen LogP contribution in [0.4, 0.5) is 17.3 Å². The number of piperidine rings is 1. The average molecular weight is 1140 g/mol. The van der Waals surface area contributed by atoms with Crippen LogP contribution in [0.2, 0.25) is 5.02 Å². The average Bonchev–Trinajstić information content (AvgIpc) is 3.44. The summed E-state index contributed by atoms with van der Waals surface area (Å²) >= 11 is 7.90. The van der Waals surface area contributed by atoms with E-state index >= 15 is 0 Å². The summed E-state index contributed by atoms with van der Waals surface area (Å²) in [5.74, 6) is 0.0570. The van der Waals surface area contributed by atoms with Gasteiger partial charge in [-0.25, -0.2) is 9.97 Å². The van der Waals surface area contributed by atoms with Crippen LogP contribution in [0.1, 0.15) is 59.2 Å². The lowest BCUT2D eigenvalue weighted by Crippen LogP contribution is -2.44. The zero-order valence-corrected chi connectivity index (χ0v) is 40.6. The maximum Gasteiger partial charge on any atom is 0.394 e. The molecule has 70 heavy (non-hydrogen) atoms. The molecule has 5 heterocycles. The van der Waals surface area contributed by atoms with E-state index in [1.165, 1.54) is 16.3 Å². The molecule has 4 aromatic rings. The summed E-state index contributed by atoms with van der Waals surface area (Å²) in [6, 6.07) is 9.11. The lowest BCUT2D eigenvalue weighted by Gasteiger charge is -2.42. The lowest BCUT2D eigenvalue weighted by molar-refractivity contribution is 0.102. The molecule has 1 amide bonds. The molecule has 1 spiro atoms. The third-order valence-electron chi connectivity index (χ3n) is 9.18. The molecule has 39 heteroatoms. The van der Waals surface area contributed by atoms with Crippen LogP contribution in [0, 0.1) is 5.41 Å². The largest absolute Gasteiger partial charge is 0.493 e. The van der Waals surface area contributed by atoms with Gasteiger partial charge in [0.05, 0.1) is 16.9 Å². The molecule has 1 aliphatic carbocycles. The number of pyridine rings is 1. The van der Waals surface area contributed by atoms with Gasteiger partial charge < -0.3 is 26.8 Å². The van der Waals surface area contributed by atoms with Crippen LogP contribution < -0.4 is 27.2 Å². The second-order valence-electron chi connectivity index (χ2n) is 14.0. The summed E-state index contributed by atoms with van der Waals surface area (Å²) < 4.78 is 159. The van der Waals surface area contributed by atoms with Crippen molar-refractivity contribution in [1.29, 1.82) is 0 Å². The van der Waals surface area contributed by atoms with Gasteiger partial charge in [0.1, 0.15) is 16.7 Å². The molecule has 1 saturated heterocycles. The van der Waals surface area contributed by atoms with Crippen LogP contribution >= 0.6 is 23.4 Å². The number of amides is 1. The molecule has 3 aliphatic rings. The summed E-state index contributed by atoms with van der Waals surface area (Å²) in [7, 11) is -23.3. The number of rotatable bonds is 5. The first kappa shape index (κ1) is 61.3. The highest BCUT2D eigenvalue weighted by atomic mass is 35.5. The molecule has 2 aliphatic heterocycles. The van der Waals surface area contributed by atoms with E-state index in [1.807, 2.05) is 12.3 Å². The minimum Gasteiger partial charge on any atom is -0.493 e. The fourth-order valence-corrected chi connectivity index (χ4v) is 7.77. The Hall–Kier alpha value is -4.85. The molecular formula is C31H42ClN9O23S6.